The smallest absolute Gasteiger partial charge is 0.164 e. The molecule has 2 N–H and O–H groups in total. The van der Waals surface area contributed by atoms with Crippen molar-refractivity contribution in [3.8, 4) is 45.6 Å². The molecular weight excluding hydrogens is 1650 g/mol. The third kappa shape index (κ3) is 10.5. The van der Waals surface area contributed by atoms with E-state index in [9.17, 15) is 0 Å². The molecule has 0 fully saturated rings. The molecule has 15 aromatic rings. The third-order valence-electron chi connectivity index (χ3n) is 36.4. The van der Waals surface area contributed by atoms with Crippen molar-refractivity contribution in [2.24, 2.45) is 0 Å². The van der Waals surface area contributed by atoms with E-state index in [0.29, 0.717) is 45.9 Å². The van der Waals surface area contributed by atoms with E-state index in [4.69, 9.17) is 29.9 Å². The molecule has 8 nitrogen and oxygen atoms in total. The van der Waals surface area contributed by atoms with E-state index in [-0.39, 0.29) is 43.3 Å². The lowest BCUT2D eigenvalue weighted by atomic mass is 9.47. The Labute approximate surface area is 804 Å². The Hall–Kier alpha value is -12.0. The van der Waals surface area contributed by atoms with Crippen molar-refractivity contribution in [1.82, 2.24) is 39.9 Å². The van der Waals surface area contributed by atoms with Crippen LogP contribution in [0.4, 0.5) is 0 Å². The van der Waals surface area contributed by atoms with Crippen molar-refractivity contribution in [2.45, 2.75) is 308 Å². The molecule has 0 saturated carbocycles. The van der Waals surface area contributed by atoms with E-state index >= 15 is 0 Å². The number of hydrogen-bond donors (Lipinski definition) is 2. The molecule has 8 atom stereocenters. The number of hydrogen-bond acceptors (Lipinski definition) is 6. The summed E-state index contributed by atoms with van der Waals surface area (Å²) in [4.78, 5) is 45.5. The van der Waals surface area contributed by atoms with Gasteiger partial charge in [-0.25, -0.2) is 29.9 Å². The van der Waals surface area contributed by atoms with Crippen LogP contribution in [0.3, 0.4) is 0 Å². The van der Waals surface area contributed by atoms with Gasteiger partial charge >= 0.3 is 0 Å². The second-order valence-electron chi connectivity index (χ2n) is 52.5. The van der Waals surface area contributed by atoms with Crippen molar-refractivity contribution in [1.29, 1.82) is 0 Å². The summed E-state index contributed by atoms with van der Waals surface area (Å²) in [6.45, 7) is 76.6. The van der Waals surface area contributed by atoms with Gasteiger partial charge in [-0.2, -0.15) is 0 Å². The fourth-order valence-corrected chi connectivity index (χ4v) is 27.6. The predicted octanol–water partition coefficient (Wildman–Crippen LogP) is 30.6. The molecule has 136 heavy (non-hydrogen) atoms. The van der Waals surface area contributed by atoms with Crippen LogP contribution < -0.4 is 0 Å². The monoisotopic (exact) mass is 1780 g/mol. The second kappa shape index (κ2) is 25.5. The highest BCUT2D eigenvalue weighted by molar-refractivity contribution is 6.09. The fourth-order valence-electron chi connectivity index (χ4n) is 27.6. The van der Waals surface area contributed by atoms with Gasteiger partial charge in [0.15, 0.2) is 23.3 Å². The molecule has 16 bridgehead atoms. The molecule has 0 amide bonds. The van der Waals surface area contributed by atoms with Gasteiger partial charge in [0, 0.05) is 87.1 Å². The van der Waals surface area contributed by atoms with Gasteiger partial charge < -0.3 is 9.97 Å². The average Bonchev–Trinajstić information content (AvgIpc) is 1.04. The third-order valence-corrected chi connectivity index (χ3v) is 36.4. The molecule has 14 aliphatic rings. The fraction of sp³-hybridized carbons (Fsp3) is 0.375. The van der Waals surface area contributed by atoms with Gasteiger partial charge in [0.1, 0.15) is 22.6 Å². The lowest BCUT2D eigenvalue weighted by Crippen LogP contribution is -2.48. The van der Waals surface area contributed by atoms with Gasteiger partial charge in [0.2, 0.25) is 0 Å². The molecule has 8 heteroatoms. The largest absolute Gasteiger partial charge is 0.324 e. The predicted molar refractivity (Wildman–Crippen MR) is 562 cm³/mol. The number of nitrogens with one attached hydrogen (secondary N) is 2. The van der Waals surface area contributed by atoms with Gasteiger partial charge in [-0.15, -0.1) is 0 Å². The summed E-state index contributed by atoms with van der Waals surface area (Å²) in [6, 6.07) is 79.7. The summed E-state index contributed by atoms with van der Waals surface area (Å²) in [7, 11) is 0. The summed E-state index contributed by atoms with van der Waals surface area (Å²) >= 11 is 0. The van der Waals surface area contributed by atoms with Crippen LogP contribution in [0.1, 0.15) is 400 Å². The van der Waals surface area contributed by atoms with Crippen molar-refractivity contribution < 1.29 is 0 Å². The Balaban J connectivity index is 0.841. The van der Waals surface area contributed by atoms with E-state index < -0.39 is 43.3 Å². The molecule has 3 aromatic heterocycles. The average molecular weight is 1780 g/mol. The van der Waals surface area contributed by atoms with E-state index in [2.05, 4.69) is 426 Å². The summed E-state index contributed by atoms with van der Waals surface area (Å²) in [5, 5.41) is 3.84. The number of rotatable bonds is 0. The highest BCUT2D eigenvalue weighted by Crippen LogP contribution is 2.70. The van der Waals surface area contributed by atoms with Crippen LogP contribution in [0.2, 0.25) is 0 Å². The zero-order valence-electron chi connectivity index (χ0n) is 86.2. The Kier molecular flexibility index (Phi) is 16.1. The van der Waals surface area contributed by atoms with Crippen molar-refractivity contribution in [3.63, 3.8) is 0 Å². The molecule has 29 rings (SSSR count). The summed E-state index contributed by atoms with van der Waals surface area (Å²) in [5.74, 6) is 2.33. The maximum atomic E-state index is 6.24. The molecule has 0 spiro atoms. The van der Waals surface area contributed by atoms with Crippen LogP contribution in [0.5, 0.6) is 0 Å². The van der Waals surface area contributed by atoms with E-state index in [0.717, 1.165) is 43.8 Å². The van der Waals surface area contributed by atoms with Crippen LogP contribution >= 0.6 is 0 Å². The Morgan fingerprint density at radius 2 is 0.279 bits per heavy atom. The van der Waals surface area contributed by atoms with E-state index in [1.54, 1.807) is 0 Å². The maximum Gasteiger partial charge on any atom is 0.164 e. The van der Waals surface area contributed by atoms with E-state index in [1.165, 1.54) is 178 Å². The maximum absolute atomic E-state index is 6.24. The van der Waals surface area contributed by atoms with Crippen LogP contribution in [-0.2, 0) is 86.6 Å². The minimum absolute atomic E-state index is 0.106. The second-order valence-corrected chi connectivity index (χ2v) is 52.5. The molecule has 0 radical (unpaired) electrons. The lowest BCUT2D eigenvalue weighted by molar-refractivity contribution is 0.502. The zero-order valence-corrected chi connectivity index (χ0v) is 86.2. The van der Waals surface area contributed by atoms with Crippen LogP contribution in [0.15, 0.2) is 194 Å². The molecule has 682 valence electrons. The lowest BCUT2D eigenvalue weighted by Gasteiger charge is -2.55. The SMILES string of the molecule is CC(C)(C)c1ccc2c(c1)C1(C)c3ccc(C(C)(C)C)cc3C2(C)c2cc3c(cc21)-c1nc-3nc2[nH]c(nc3nc(nc4[nH]c(n1)c1cc5c(cc41)C1(C)c4ccc(C(C)(C)C)cc4C5(C)c4ccc(C(C)(C)C)cc41)-c1cc4c(cc1-3)C1(C)c3ccc(C(C)(C)C)cc3C4(C)c3ccc(C(C)(C)C)cc31)c1cc3c(cc21)C1(C)c2ccc(C(C)(C)C)cc2C3(C)c2ccc(C(C)(C)C)cc21. The first-order valence-corrected chi connectivity index (χ1v) is 50.2. The van der Waals surface area contributed by atoms with Crippen LogP contribution in [-0.4, -0.2) is 39.9 Å². The molecule has 0 saturated heterocycles. The summed E-state index contributed by atoms with van der Waals surface area (Å²) in [6.07, 6.45) is 0. The van der Waals surface area contributed by atoms with Crippen LogP contribution in [0.25, 0.3) is 89.7 Å². The highest BCUT2D eigenvalue weighted by Gasteiger charge is 2.62. The van der Waals surface area contributed by atoms with Gasteiger partial charge in [-0.1, -0.05) is 312 Å². The number of fused-ring (bicyclic) bond motifs is 20. The summed E-state index contributed by atoms with van der Waals surface area (Å²) in [5.41, 5.74) is 43.0. The van der Waals surface area contributed by atoms with Gasteiger partial charge in [-0.3, -0.25) is 0 Å². The number of benzene rings is 12. The Morgan fingerprint density at radius 1 is 0.154 bits per heavy atom. The molecule has 12 aliphatic carbocycles. The zero-order chi connectivity index (χ0) is 96.0. The number of aromatic amines is 2. The molecule has 8 unspecified atom stereocenters. The molecular formula is C128H130N8. The molecule has 5 heterocycles. The van der Waals surface area contributed by atoms with Crippen molar-refractivity contribution in [2.75, 3.05) is 0 Å². The number of H-pyrrole nitrogens is 2. The topological polar surface area (TPSA) is 109 Å². The van der Waals surface area contributed by atoms with Gasteiger partial charge in [0.05, 0.1) is 0 Å². The Morgan fingerprint density at radius 3 is 0.412 bits per heavy atom. The standard InChI is InChI=1S/C128H130N8/c1-113(2,3)65-33-41-81-89(49-65)121(25)82-42-34-66(114(4,5)6)50-90(82)122(81,26)98-58-74-73(57-97(98)121)105-129-106(74)134-108-77-61-101-102(126(30)86-46-38-69(117(13,14)15)53-93(86)125(101,29)85-45-37-70(54-94(85)126)118(16,17)18)62-78(77)110(131-108)136-112-80-64-104-103(127(31)87-47-39-72(120(22,23)24)56-96(87)128(104,32)88-48-40-71(55-95(88)127)119(19,20)21)63-79(80)111(132-112)135-109-76-60-100-99(59-75(76)107(130-109)133-105)123(27)83-43-35-68(116(10,11)12)52-92(83)124(100,28)84-44-36-67(51-91(84)123)115(7,8)9/h33-64H,1-32H3,(H2,129,130,131,132,133,134,135,136). The first-order valence-electron chi connectivity index (χ1n) is 50.2. The minimum Gasteiger partial charge on any atom is -0.324 e. The first kappa shape index (κ1) is 85.6. The normalized spacial score (nSPS) is 23.5. The summed E-state index contributed by atoms with van der Waals surface area (Å²) < 4.78 is 0. The quantitative estimate of drug-likeness (QED) is 0.157. The minimum atomic E-state index is -0.594. The number of nitrogens with zero attached hydrogens (tertiary/aromatic N) is 6. The van der Waals surface area contributed by atoms with Gasteiger partial charge in [-0.05, 0) is 325 Å². The first-order chi connectivity index (χ1) is 63.4. The van der Waals surface area contributed by atoms with E-state index in [1.807, 2.05) is 0 Å². The number of aromatic nitrogens is 8. The highest BCUT2D eigenvalue weighted by atomic mass is 15.1. The molecule has 2 aliphatic heterocycles. The van der Waals surface area contributed by atoms with Gasteiger partial charge in [0.25, 0.3) is 0 Å². The van der Waals surface area contributed by atoms with Crippen molar-refractivity contribution in [3.05, 3.63) is 372 Å². The van der Waals surface area contributed by atoms with Crippen LogP contribution in [0, 0.1) is 0 Å². The Bertz CT molecular complexity index is 7360. The molecule has 12 aromatic carbocycles. The van der Waals surface area contributed by atoms with Crippen molar-refractivity contribution >= 4 is 44.1 Å².